The van der Waals surface area contributed by atoms with Crippen LogP contribution in [0.1, 0.15) is 25.7 Å². The minimum absolute atomic E-state index is 0.383. The fourth-order valence-electron chi connectivity index (χ4n) is 2.36. The highest BCUT2D eigenvalue weighted by Crippen LogP contribution is 2.22. The number of ether oxygens (including phenoxy) is 2. The molecule has 1 saturated carbocycles. The van der Waals surface area contributed by atoms with E-state index in [2.05, 4.69) is 5.32 Å². The normalized spacial score (nSPS) is 23.1. The Balaban J connectivity index is 1.61. The molecule has 0 aliphatic heterocycles. The molecule has 0 heterocycles. The number of nitrogens with one attached hydrogen (secondary N) is 1. The molecule has 0 amide bonds. The maximum Gasteiger partial charge on any atom is 0.119 e. The van der Waals surface area contributed by atoms with Gasteiger partial charge < -0.3 is 14.8 Å². The van der Waals surface area contributed by atoms with E-state index < -0.39 is 0 Å². The Morgan fingerprint density at radius 2 is 1.74 bits per heavy atom. The van der Waals surface area contributed by atoms with Crippen molar-refractivity contribution in [1.82, 2.24) is 5.32 Å². The SMILES string of the molecule is COc1ccc(OCCNC2CCC(Cl)CC2)cc1. The molecule has 0 unspecified atom stereocenters. The monoisotopic (exact) mass is 283 g/mol. The molecule has 0 atom stereocenters. The van der Waals surface area contributed by atoms with Crippen LogP contribution in [0.25, 0.3) is 0 Å². The van der Waals surface area contributed by atoms with Gasteiger partial charge >= 0.3 is 0 Å². The number of methoxy groups -OCH3 is 1. The van der Waals surface area contributed by atoms with Crippen LogP contribution in [-0.4, -0.2) is 31.7 Å². The van der Waals surface area contributed by atoms with Crippen molar-refractivity contribution >= 4 is 11.6 Å². The van der Waals surface area contributed by atoms with Gasteiger partial charge in [0.05, 0.1) is 7.11 Å². The molecule has 0 bridgehead atoms. The Hall–Kier alpha value is -0.930. The fourth-order valence-corrected chi connectivity index (χ4v) is 2.61. The van der Waals surface area contributed by atoms with E-state index in [1.54, 1.807) is 7.11 Å². The first kappa shape index (κ1) is 14.5. The minimum atomic E-state index is 0.383. The molecule has 0 spiro atoms. The number of hydrogen-bond acceptors (Lipinski definition) is 3. The third-order valence-corrected chi connectivity index (χ3v) is 3.96. The molecule has 19 heavy (non-hydrogen) atoms. The van der Waals surface area contributed by atoms with Gasteiger partial charge in [0, 0.05) is 18.0 Å². The Labute approximate surface area is 120 Å². The van der Waals surface area contributed by atoms with Crippen LogP contribution in [0.4, 0.5) is 0 Å². The van der Waals surface area contributed by atoms with Crippen LogP contribution in [0.2, 0.25) is 0 Å². The van der Waals surface area contributed by atoms with Gasteiger partial charge in [0.15, 0.2) is 0 Å². The Kier molecular flexibility index (Phi) is 5.80. The molecule has 0 saturated heterocycles. The summed E-state index contributed by atoms with van der Waals surface area (Å²) in [6.07, 6.45) is 4.60. The summed E-state index contributed by atoms with van der Waals surface area (Å²) < 4.78 is 10.8. The van der Waals surface area contributed by atoms with E-state index in [-0.39, 0.29) is 0 Å². The van der Waals surface area contributed by atoms with Gasteiger partial charge in [0.1, 0.15) is 18.1 Å². The van der Waals surface area contributed by atoms with E-state index in [1.165, 1.54) is 12.8 Å². The van der Waals surface area contributed by atoms with Gasteiger partial charge in [-0.3, -0.25) is 0 Å². The van der Waals surface area contributed by atoms with Crippen LogP contribution < -0.4 is 14.8 Å². The van der Waals surface area contributed by atoms with Gasteiger partial charge in [0.25, 0.3) is 0 Å². The van der Waals surface area contributed by atoms with Crippen LogP contribution in [0, 0.1) is 0 Å². The zero-order chi connectivity index (χ0) is 13.5. The third kappa shape index (κ3) is 4.92. The van der Waals surface area contributed by atoms with E-state index in [9.17, 15) is 0 Å². The standard InChI is InChI=1S/C15H22ClNO2/c1-18-14-6-8-15(9-7-14)19-11-10-17-13-4-2-12(16)3-5-13/h6-9,12-13,17H,2-5,10-11H2,1H3. The molecule has 1 aromatic carbocycles. The fraction of sp³-hybridized carbons (Fsp3) is 0.600. The van der Waals surface area contributed by atoms with Crippen molar-refractivity contribution in [2.24, 2.45) is 0 Å². The topological polar surface area (TPSA) is 30.5 Å². The summed E-state index contributed by atoms with van der Waals surface area (Å²) in [4.78, 5) is 0. The quantitative estimate of drug-likeness (QED) is 0.642. The number of benzene rings is 1. The molecular weight excluding hydrogens is 262 g/mol. The third-order valence-electron chi connectivity index (χ3n) is 3.52. The summed E-state index contributed by atoms with van der Waals surface area (Å²) in [5.41, 5.74) is 0. The van der Waals surface area contributed by atoms with E-state index >= 15 is 0 Å². The lowest BCUT2D eigenvalue weighted by molar-refractivity contribution is 0.289. The first-order valence-corrected chi connectivity index (χ1v) is 7.36. The molecule has 1 aliphatic rings. The molecular formula is C15H22ClNO2. The lowest BCUT2D eigenvalue weighted by Crippen LogP contribution is -2.35. The van der Waals surface area contributed by atoms with Crippen molar-refractivity contribution in [3.05, 3.63) is 24.3 Å². The van der Waals surface area contributed by atoms with Crippen LogP contribution in [-0.2, 0) is 0 Å². The first-order valence-electron chi connectivity index (χ1n) is 6.92. The van der Waals surface area contributed by atoms with Crippen molar-refractivity contribution in [1.29, 1.82) is 0 Å². The second kappa shape index (κ2) is 7.61. The van der Waals surface area contributed by atoms with Crippen molar-refractivity contribution in [2.75, 3.05) is 20.3 Å². The molecule has 1 aliphatic carbocycles. The average molecular weight is 284 g/mol. The zero-order valence-electron chi connectivity index (χ0n) is 11.4. The molecule has 4 heteroatoms. The highest BCUT2D eigenvalue weighted by molar-refractivity contribution is 6.20. The lowest BCUT2D eigenvalue weighted by atomic mass is 9.95. The van der Waals surface area contributed by atoms with E-state index in [1.807, 2.05) is 24.3 Å². The molecule has 1 N–H and O–H groups in total. The maximum absolute atomic E-state index is 6.09. The highest BCUT2D eigenvalue weighted by atomic mass is 35.5. The minimum Gasteiger partial charge on any atom is -0.497 e. The second-order valence-corrected chi connectivity index (χ2v) is 5.54. The molecule has 2 rings (SSSR count). The van der Waals surface area contributed by atoms with Gasteiger partial charge in [-0.2, -0.15) is 0 Å². The molecule has 0 aromatic heterocycles. The molecule has 0 radical (unpaired) electrons. The Morgan fingerprint density at radius 1 is 1.11 bits per heavy atom. The average Bonchev–Trinajstić information content (AvgIpc) is 2.46. The van der Waals surface area contributed by atoms with Crippen LogP contribution in [0.15, 0.2) is 24.3 Å². The number of alkyl halides is 1. The molecule has 106 valence electrons. The zero-order valence-corrected chi connectivity index (χ0v) is 12.2. The summed E-state index contributed by atoms with van der Waals surface area (Å²) in [5, 5.41) is 3.91. The summed E-state index contributed by atoms with van der Waals surface area (Å²) in [5.74, 6) is 1.73. The van der Waals surface area contributed by atoms with E-state index in [4.69, 9.17) is 21.1 Å². The predicted octanol–water partition coefficient (Wildman–Crippen LogP) is 3.21. The van der Waals surface area contributed by atoms with Crippen LogP contribution >= 0.6 is 11.6 Å². The predicted molar refractivity (Wildman–Crippen MR) is 78.4 cm³/mol. The Morgan fingerprint density at radius 3 is 2.37 bits per heavy atom. The smallest absolute Gasteiger partial charge is 0.119 e. The van der Waals surface area contributed by atoms with Crippen LogP contribution in [0.5, 0.6) is 11.5 Å². The summed E-state index contributed by atoms with van der Waals surface area (Å²) in [7, 11) is 1.66. The van der Waals surface area contributed by atoms with E-state index in [0.717, 1.165) is 30.9 Å². The van der Waals surface area contributed by atoms with Gasteiger partial charge in [-0.1, -0.05) is 0 Å². The van der Waals surface area contributed by atoms with Crippen molar-refractivity contribution in [2.45, 2.75) is 37.1 Å². The van der Waals surface area contributed by atoms with Crippen LogP contribution in [0.3, 0.4) is 0 Å². The number of halogens is 1. The number of rotatable bonds is 6. The van der Waals surface area contributed by atoms with Crippen molar-refractivity contribution in [3.8, 4) is 11.5 Å². The van der Waals surface area contributed by atoms with Gasteiger partial charge in [0.2, 0.25) is 0 Å². The van der Waals surface area contributed by atoms with Gasteiger partial charge in [-0.15, -0.1) is 11.6 Å². The largest absolute Gasteiger partial charge is 0.497 e. The van der Waals surface area contributed by atoms with Gasteiger partial charge in [-0.25, -0.2) is 0 Å². The second-order valence-electron chi connectivity index (χ2n) is 4.93. The van der Waals surface area contributed by atoms with Crippen molar-refractivity contribution < 1.29 is 9.47 Å². The summed E-state index contributed by atoms with van der Waals surface area (Å²) in [6, 6.07) is 8.28. The summed E-state index contributed by atoms with van der Waals surface area (Å²) in [6.45, 7) is 1.57. The molecule has 1 fully saturated rings. The number of hydrogen-bond donors (Lipinski definition) is 1. The summed E-state index contributed by atoms with van der Waals surface area (Å²) >= 11 is 6.09. The van der Waals surface area contributed by atoms with Crippen molar-refractivity contribution in [3.63, 3.8) is 0 Å². The molecule has 3 nitrogen and oxygen atoms in total. The molecule has 1 aromatic rings. The first-order chi connectivity index (χ1) is 9.28. The van der Waals surface area contributed by atoms with Gasteiger partial charge in [-0.05, 0) is 49.9 Å². The maximum atomic E-state index is 6.09. The highest BCUT2D eigenvalue weighted by Gasteiger charge is 2.18. The Bertz CT molecular complexity index is 361. The lowest BCUT2D eigenvalue weighted by Gasteiger charge is -2.25. The van der Waals surface area contributed by atoms with E-state index in [0.29, 0.717) is 18.0 Å².